The number of hydrazone groups is 1. The van der Waals surface area contributed by atoms with Crippen LogP contribution in [0.3, 0.4) is 0 Å². The Morgan fingerprint density at radius 1 is 1.46 bits per heavy atom. The number of pyridine rings is 1. The molecule has 0 spiro atoms. The quantitative estimate of drug-likeness (QED) is 0.403. The third-order valence-corrected chi connectivity index (χ3v) is 3.11. The molecule has 24 heavy (non-hydrogen) atoms. The Morgan fingerprint density at radius 3 is 2.75 bits per heavy atom. The number of H-pyrrole nitrogens is 1. The first-order chi connectivity index (χ1) is 11.5. The van der Waals surface area contributed by atoms with Crippen LogP contribution < -0.4 is 16.7 Å². The molecule has 0 atom stereocenters. The molecule has 0 fully saturated rings. The molecule has 0 aromatic carbocycles. The second-order valence-electron chi connectivity index (χ2n) is 4.73. The van der Waals surface area contributed by atoms with Gasteiger partial charge in [0, 0.05) is 24.5 Å². The van der Waals surface area contributed by atoms with E-state index in [4.69, 9.17) is 0 Å². The summed E-state index contributed by atoms with van der Waals surface area (Å²) in [7, 11) is 0. The number of rotatable bonds is 5. The van der Waals surface area contributed by atoms with Gasteiger partial charge in [-0.3, -0.25) is 24.1 Å². The number of hydrogen-bond donors (Lipinski definition) is 3. The van der Waals surface area contributed by atoms with E-state index in [1.54, 1.807) is 0 Å². The van der Waals surface area contributed by atoms with Crippen molar-refractivity contribution in [1.82, 2.24) is 20.0 Å². The van der Waals surface area contributed by atoms with Crippen LogP contribution in [-0.2, 0) is 6.54 Å². The van der Waals surface area contributed by atoms with Crippen LogP contribution in [0.2, 0.25) is 0 Å². The van der Waals surface area contributed by atoms with Crippen molar-refractivity contribution >= 4 is 11.6 Å². The number of carbonyl (C=O) groups excluding carboxylic acids is 1. The van der Waals surface area contributed by atoms with Gasteiger partial charge in [0.05, 0.1) is 5.71 Å². The molecule has 1 amide bonds. The zero-order valence-corrected chi connectivity index (χ0v) is 12.8. The molecule has 0 saturated carbocycles. The average Bonchev–Trinajstić information content (AvgIpc) is 2.57. The number of amides is 1. The summed E-state index contributed by atoms with van der Waals surface area (Å²) in [5.74, 6) is -1.06. The number of nitrogens with zero attached hydrogens (tertiary/aromatic N) is 3. The van der Waals surface area contributed by atoms with Crippen molar-refractivity contribution in [1.29, 1.82) is 0 Å². The molecule has 0 unspecified atom stereocenters. The van der Waals surface area contributed by atoms with Crippen LogP contribution in [0.25, 0.3) is 0 Å². The number of allylic oxidation sites excluding steroid dienone is 1. The van der Waals surface area contributed by atoms with Gasteiger partial charge in [-0.15, -0.1) is 6.58 Å². The van der Waals surface area contributed by atoms with Crippen molar-refractivity contribution < 1.29 is 9.90 Å². The highest BCUT2D eigenvalue weighted by Crippen LogP contribution is 2.11. The van der Waals surface area contributed by atoms with E-state index in [1.807, 2.05) is 0 Å². The lowest BCUT2D eigenvalue weighted by Crippen LogP contribution is -2.34. The van der Waals surface area contributed by atoms with Crippen LogP contribution in [0.4, 0.5) is 0 Å². The molecular formula is C15H15N5O4. The van der Waals surface area contributed by atoms with Crippen molar-refractivity contribution in [3.8, 4) is 5.88 Å². The molecule has 0 aliphatic carbocycles. The number of aromatic hydroxyl groups is 1. The van der Waals surface area contributed by atoms with Crippen LogP contribution >= 0.6 is 0 Å². The molecular weight excluding hydrogens is 314 g/mol. The summed E-state index contributed by atoms with van der Waals surface area (Å²) in [6.07, 6.45) is 4.29. The smallest absolute Gasteiger partial charge is 0.331 e. The minimum atomic E-state index is -0.808. The SMILES string of the molecule is C=CCn1c(O)c(C(C)=NNC(=O)c2ccncc2)c(=O)[nH]c1=O. The van der Waals surface area contributed by atoms with Crippen LogP contribution in [0, 0.1) is 0 Å². The van der Waals surface area contributed by atoms with Crippen LogP contribution in [0.5, 0.6) is 5.88 Å². The molecule has 0 bridgehead atoms. The highest BCUT2D eigenvalue weighted by molar-refractivity contribution is 6.01. The van der Waals surface area contributed by atoms with Gasteiger partial charge in [-0.05, 0) is 19.1 Å². The normalized spacial score (nSPS) is 11.1. The van der Waals surface area contributed by atoms with Gasteiger partial charge in [0.1, 0.15) is 5.56 Å². The molecule has 2 aromatic heterocycles. The van der Waals surface area contributed by atoms with Crippen LogP contribution in [0.1, 0.15) is 22.8 Å². The van der Waals surface area contributed by atoms with E-state index >= 15 is 0 Å². The Hall–Kier alpha value is -3.49. The molecule has 2 heterocycles. The van der Waals surface area contributed by atoms with E-state index in [-0.39, 0.29) is 17.8 Å². The van der Waals surface area contributed by atoms with E-state index in [0.717, 1.165) is 4.57 Å². The van der Waals surface area contributed by atoms with E-state index in [0.29, 0.717) is 5.56 Å². The monoisotopic (exact) mass is 329 g/mol. The summed E-state index contributed by atoms with van der Waals surface area (Å²) in [5.41, 5.74) is 0.840. The molecule has 9 heteroatoms. The van der Waals surface area contributed by atoms with E-state index in [9.17, 15) is 19.5 Å². The topological polar surface area (TPSA) is 129 Å². The summed E-state index contributed by atoms with van der Waals surface area (Å²) in [4.78, 5) is 41.4. The predicted molar refractivity (Wildman–Crippen MR) is 87.1 cm³/mol. The second-order valence-corrected chi connectivity index (χ2v) is 4.73. The van der Waals surface area contributed by atoms with E-state index < -0.39 is 23.0 Å². The molecule has 2 rings (SSSR count). The van der Waals surface area contributed by atoms with Gasteiger partial charge in [-0.1, -0.05) is 6.08 Å². The third kappa shape index (κ3) is 3.46. The highest BCUT2D eigenvalue weighted by atomic mass is 16.3. The largest absolute Gasteiger partial charge is 0.494 e. The first kappa shape index (κ1) is 16.9. The van der Waals surface area contributed by atoms with Gasteiger partial charge in [-0.25, -0.2) is 10.2 Å². The lowest BCUT2D eigenvalue weighted by molar-refractivity contribution is 0.0954. The van der Waals surface area contributed by atoms with Crippen molar-refractivity contribution in [2.24, 2.45) is 5.10 Å². The van der Waals surface area contributed by atoms with Gasteiger partial charge in [0.25, 0.3) is 11.5 Å². The number of hydrogen-bond acceptors (Lipinski definition) is 6. The fourth-order valence-corrected chi connectivity index (χ4v) is 1.94. The maximum atomic E-state index is 11.9. The first-order valence-electron chi connectivity index (χ1n) is 6.87. The Morgan fingerprint density at radius 2 is 2.12 bits per heavy atom. The third-order valence-electron chi connectivity index (χ3n) is 3.11. The van der Waals surface area contributed by atoms with E-state index in [1.165, 1.54) is 37.5 Å². The molecule has 0 saturated heterocycles. The lowest BCUT2D eigenvalue weighted by atomic mass is 10.2. The number of nitrogens with one attached hydrogen (secondary N) is 2. The molecule has 124 valence electrons. The molecule has 2 aromatic rings. The van der Waals surface area contributed by atoms with Gasteiger partial charge < -0.3 is 5.11 Å². The van der Waals surface area contributed by atoms with Crippen molar-refractivity contribution in [2.45, 2.75) is 13.5 Å². The highest BCUT2D eigenvalue weighted by Gasteiger charge is 2.16. The fourth-order valence-electron chi connectivity index (χ4n) is 1.94. The Kier molecular flexibility index (Phi) is 5.05. The van der Waals surface area contributed by atoms with Gasteiger partial charge in [0.15, 0.2) is 0 Å². The first-order valence-corrected chi connectivity index (χ1v) is 6.87. The maximum absolute atomic E-state index is 11.9. The zero-order valence-electron chi connectivity index (χ0n) is 12.8. The standard InChI is InChI=1S/C15H15N5O4/c1-3-8-20-14(23)11(13(22)17-15(20)24)9(2)18-19-12(21)10-4-6-16-7-5-10/h3-7,23H,1,8H2,2H3,(H,19,21)(H,17,22,24). The van der Waals surface area contributed by atoms with Gasteiger partial charge in [-0.2, -0.15) is 5.10 Å². The van der Waals surface area contributed by atoms with Gasteiger partial charge >= 0.3 is 5.69 Å². The number of aromatic nitrogens is 3. The minimum Gasteiger partial charge on any atom is -0.494 e. The Labute approximate surface area is 136 Å². The van der Waals surface area contributed by atoms with Gasteiger partial charge in [0.2, 0.25) is 5.88 Å². The fraction of sp³-hybridized carbons (Fsp3) is 0.133. The summed E-state index contributed by atoms with van der Waals surface area (Å²) < 4.78 is 0.924. The van der Waals surface area contributed by atoms with Crippen molar-refractivity contribution in [3.05, 3.63) is 69.1 Å². The second kappa shape index (κ2) is 7.18. The number of aromatic amines is 1. The minimum absolute atomic E-state index is 0.00506. The maximum Gasteiger partial charge on any atom is 0.331 e. The molecule has 3 N–H and O–H groups in total. The van der Waals surface area contributed by atoms with E-state index in [2.05, 4.69) is 27.1 Å². The van der Waals surface area contributed by atoms with Crippen molar-refractivity contribution in [2.75, 3.05) is 0 Å². The van der Waals surface area contributed by atoms with Crippen LogP contribution in [-0.4, -0.2) is 31.3 Å². The molecule has 0 radical (unpaired) electrons. The number of carbonyl (C=O) groups is 1. The summed E-state index contributed by atoms with van der Waals surface area (Å²) >= 11 is 0. The summed E-state index contributed by atoms with van der Waals surface area (Å²) in [6, 6.07) is 2.99. The Bertz CT molecular complexity index is 912. The van der Waals surface area contributed by atoms with Crippen molar-refractivity contribution in [3.63, 3.8) is 0 Å². The summed E-state index contributed by atoms with van der Waals surface area (Å²) in [5, 5.41) is 13.9. The molecule has 0 aliphatic rings. The lowest BCUT2D eigenvalue weighted by Gasteiger charge is -2.09. The summed E-state index contributed by atoms with van der Waals surface area (Å²) in [6.45, 7) is 4.89. The Balaban J connectivity index is 2.36. The average molecular weight is 329 g/mol. The zero-order chi connectivity index (χ0) is 17.7. The molecule has 0 aliphatic heterocycles. The molecule has 9 nitrogen and oxygen atoms in total. The predicted octanol–water partition coefficient (Wildman–Crippen LogP) is -0.0228. The van der Waals surface area contributed by atoms with Crippen LogP contribution in [0.15, 0.2) is 51.9 Å².